The Kier molecular flexibility index (Phi) is 3.24. The molecule has 0 aromatic rings. The first-order valence-electron chi connectivity index (χ1n) is 2.28. The number of rotatable bonds is 2. The van der Waals surface area contributed by atoms with Gasteiger partial charge in [-0.3, -0.25) is 0 Å². The van der Waals surface area contributed by atoms with Gasteiger partial charge in [0.05, 0.1) is 0 Å². The highest BCUT2D eigenvalue weighted by Gasteiger charge is 1.88. The van der Waals surface area contributed by atoms with E-state index in [0.29, 0.717) is 5.82 Å². The second-order valence-corrected chi connectivity index (χ2v) is 1.70. The fourth-order valence-electron chi connectivity index (χ4n) is 0.333. The van der Waals surface area contributed by atoms with Gasteiger partial charge in [0.25, 0.3) is 0 Å². The summed E-state index contributed by atoms with van der Waals surface area (Å²) >= 11 is 0. The fraction of sp³-hybridized carbons (Fsp3) is 1.00. The SMILES string of the molecule is CN[B]C(C)C. The van der Waals surface area contributed by atoms with Gasteiger partial charge in [-0.1, -0.05) is 19.7 Å². The molecule has 0 fully saturated rings. The van der Waals surface area contributed by atoms with E-state index >= 15 is 0 Å². The van der Waals surface area contributed by atoms with Gasteiger partial charge in [-0.15, -0.1) is 0 Å². The molecule has 0 atom stereocenters. The van der Waals surface area contributed by atoms with Crippen LogP contribution in [0.25, 0.3) is 0 Å². The van der Waals surface area contributed by atoms with Gasteiger partial charge in [0.2, 0.25) is 7.41 Å². The zero-order valence-corrected chi connectivity index (χ0v) is 4.65. The molecule has 0 amide bonds. The molecule has 6 heavy (non-hydrogen) atoms. The predicted octanol–water partition coefficient (Wildman–Crippen LogP) is 0.653. The van der Waals surface area contributed by atoms with Gasteiger partial charge in [0.15, 0.2) is 0 Å². The van der Waals surface area contributed by atoms with Gasteiger partial charge in [0, 0.05) is 0 Å². The van der Waals surface area contributed by atoms with Crippen LogP contribution in [0.4, 0.5) is 0 Å². The highest BCUT2D eigenvalue weighted by molar-refractivity contribution is 6.33. The molecule has 0 rings (SSSR count). The van der Waals surface area contributed by atoms with E-state index < -0.39 is 0 Å². The average molecular weight is 84.0 g/mol. The van der Waals surface area contributed by atoms with Gasteiger partial charge in [0.1, 0.15) is 0 Å². The van der Waals surface area contributed by atoms with E-state index in [1.165, 1.54) is 0 Å². The Morgan fingerprint density at radius 1 is 1.50 bits per heavy atom. The molecule has 2 heteroatoms. The van der Waals surface area contributed by atoms with Gasteiger partial charge in [-0.2, -0.15) is 0 Å². The van der Waals surface area contributed by atoms with Crippen molar-refractivity contribution in [2.75, 3.05) is 7.05 Å². The Morgan fingerprint density at radius 3 is 2.00 bits per heavy atom. The maximum atomic E-state index is 2.94. The summed E-state index contributed by atoms with van der Waals surface area (Å²) in [6.07, 6.45) is 0. The van der Waals surface area contributed by atoms with Crippen LogP contribution in [0.2, 0.25) is 5.82 Å². The fourth-order valence-corrected chi connectivity index (χ4v) is 0.333. The molecule has 0 aliphatic rings. The van der Waals surface area contributed by atoms with Crippen LogP contribution in [0.3, 0.4) is 0 Å². The van der Waals surface area contributed by atoms with Gasteiger partial charge < -0.3 is 5.23 Å². The molecule has 1 N–H and O–H groups in total. The van der Waals surface area contributed by atoms with Crippen LogP contribution in [0.5, 0.6) is 0 Å². The van der Waals surface area contributed by atoms with Crippen molar-refractivity contribution < 1.29 is 0 Å². The van der Waals surface area contributed by atoms with Gasteiger partial charge >= 0.3 is 0 Å². The van der Waals surface area contributed by atoms with Crippen molar-refractivity contribution in [1.29, 1.82) is 0 Å². The van der Waals surface area contributed by atoms with E-state index in [1.807, 2.05) is 14.5 Å². The van der Waals surface area contributed by atoms with Crippen LogP contribution in [0.15, 0.2) is 0 Å². The van der Waals surface area contributed by atoms with E-state index in [4.69, 9.17) is 0 Å². The number of hydrogen-bond acceptors (Lipinski definition) is 1. The largest absolute Gasteiger partial charge is 0.363 e. The van der Waals surface area contributed by atoms with E-state index in [-0.39, 0.29) is 0 Å². The van der Waals surface area contributed by atoms with Crippen molar-refractivity contribution in [2.24, 2.45) is 0 Å². The first-order chi connectivity index (χ1) is 2.77. The molecule has 0 aromatic carbocycles. The minimum atomic E-state index is 0.662. The molecular formula is C4H11BN. The monoisotopic (exact) mass is 84.1 g/mol. The summed E-state index contributed by atoms with van der Waals surface area (Å²) in [5.41, 5.74) is 0. The third-order valence-corrected chi connectivity index (χ3v) is 0.500. The topological polar surface area (TPSA) is 12.0 Å². The lowest BCUT2D eigenvalue weighted by Gasteiger charge is -1.95. The summed E-state index contributed by atoms with van der Waals surface area (Å²) in [6, 6.07) is 0. The minimum Gasteiger partial charge on any atom is -0.363 e. The van der Waals surface area contributed by atoms with E-state index in [2.05, 4.69) is 19.1 Å². The quantitative estimate of drug-likeness (QED) is 0.484. The lowest BCUT2D eigenvalue weighted by atomic mass is 9.79. The van der Waals surface area contributed by atoms with Gasteiger partial charge in [-0.05, 0) is 7.05 Å². The Morgan fingerprint density at radius 2 is 2.00 bits per heavy atom. The molecule has 0 saturated carbocycles. The first kappa shape index (κ1) is 6.02. The molecule has 0 heterocycles. The molecular weight excluding hydrogens is 72.9 g/mol. The molecule has 0 spiro atoms. The predicted molar refractivity (Wildman–Crippen MR) is 29.9 cm³/mol. The van der Waals surface area contributed by atoms with Crippen LogP contribution in [0, 0.1) is 0 Å². The van der Waals surface area contributed by atoms with Crippen molar-refractivity contribution >= 4 is 7.41 Å². The summed E-state index contributed by atoms with van der Waals surface area (Å²) in [5.74, 6) is 0.662. The van der Waals surface area contributed by atoms with E-state index in [1.54, 1.807) is 0 Å². The average Bonchev–Trinajstić information content (AvgIpc) is 1.35. The summed E-state index contributed by atoms with van der Waals surface area (Å²) in [4.78, 5) is 0. The van der Waals surface area contributed by atoms with Crippen LogP contribution < -0.4 is 5.23 Å². The zero-order valence-electron chi connectivity index (χ0n) is 4.65. The summed E-state index contributed by atoms with van der Waals surface area (Å²) in [5, 5.41) is 2.94. The van der Waals surface area contributed by atoms with E-state index in [0.717, 1.165) is 0 Å². The first-order valence-corrected chi connectivity index (χ1v) is 2.28. The molecule has 0 aliphatic heterocycles. The van der Waals surface area contributed by atoms with Crippen LogP contribution in [-0.4, -0.2) is 14.5 Å². The second kappa shape index (κ2) is 3.22. The van der Waals surface area contributed by atoms with Crippen molar-refractivity contribution in [3.8, 4) is 0 Å². The Labute approximate surface area is 40.4 Å². The zero-order chi connectivity index (χ0) is 4.99. The summed E-state index contributed by atoms with van der Waals surface area (Å²) in [6.45, 7) is 4.27. The molecule has 35 valence electrons. The molecule has 1 radical (unpaired) electrons. The third-order valence-electron chi connectivity index (χ3n) is 0.500. The molecule has 0 unspecified atom stereocenters. The van der Waals surface area contributed by atoms with Crippen molar-refractivity contribution in [2.45, 2.75) is 19.7 Å². The Hall–Kier alpha value is 0.0249. The maximum Gasteiger partial charge on any atom is 0.207 e. The van der Waals surface area contributed by atoms with Crippen molar-refractivity contribution in [3.05, 3.63) is 0 Å². The second-order valence-electron chi connectivity index (χ2n) is 1.70. The Bertz CT molecular complexity index is 28.7. The molecule has 1 nitrogen and oxygen atoms in total. The van der Waals surface area contributed by atoms with Crippen molar-refractivity contribution in [3.63, 3.8) is 0 Å². The van der Waals surface area contributed by atoms with Crippen LogP contribution >= 0.6 is 0 Å². The maximum absolute atomic E-state index is 2.94. The third kappa shape index (κ3) is 4.02. The number of hydrogen-bond donors (Lipinski definition) is 1. The molecule has 0 aliphatic carbocycles. The van der Waals surface area contributed by atoms with Crippen LogP contribution in [-0.2, 0) is 0 Å². The highest BCUT2D eigenvalue weighted by Crippen LogP contribution is 1.90. The standard InChI is InChI=1S/C4H11BN/c1-4(2)5-6-3/h4,6H,1-3H3. The lowest BCUT2D eigenvalue weighted by molar-refractivity contribution is 1.02. The van der Waals surface area contributed by atoms with Gasteiger partial charge in [-0.25, -0.2) is 0 Å². The van der Waals surface area contributed by atoms with Crippen molar-refractivity contribution in [1.82, 2.24) is 5.23 Å². The molecule has 0 bridgehead atoms. The van der Waals surface area contributed by atoms with E-state index in [9.17, 15) is 0 Å². The molecule has 0 aromatic heterocycles. The summed E-state index contributed by atoms with van der Waals surface area (Å²) in [7, 11) is 3.96. The van der Waals surface area contributed by atoms with Crippen LogP contribution in [0.1, 0.15) is 13.8 Å². The number of nitrogens with one attached hydrogen (secondary N) is 1. The lowest BCUT2D eigenvalue weighted by Crippen LogP contribution is -2.14. The highest BCUT2D eigenvalue weighted by atomic mass is 14.7. The Balaban J connectivity index is 2.63. The smallest absolute Gasteiger partial charge is 0.207 e. The normalized spacial score (nSPS) is 9.33. The summed E-state index contributed by atoms with van der Waals surface area (Å²) < 4.78 is 0. The molecule has 0 saturated heterocycles. The minimum absolute atomic E-state index is 0.662.